The van der Waals surface area contributed by atoms with Crippen molar-refractivity contribution in [2.45, 2.75) is 25.6 Å². The molecule has 1 aliphatic heterocycles. The number of carbonyl (C=O) groups excluding carboxylic acids is 1. The lowest BCUT2D eigenvalue weighted by atomic mass is 10.0. The average Bonchev–Trinajstić information content (AvgIpc) is 2.77. The van der Waals surface area contributed by atoms with E-state index in [9.17, 15) is 23.1 Å². The van der Waals surface area contributed by atoms with Crippen molar-refractivity contribution >= 4 is 22.6 Å². The second-order valence-corrected chi connectivity index (χ2v) is 8.11. The average molecular weight is 444 g/mol. The van der Waals surface area contributed by atoms with E-state index >= 15 is 0 Å². The summed E-state index contributed by atoms with van der Waals surface area (Å²) in [5.41, 5.74) is -0.736. The van der Waals surface area contributed by atoms with Gasteiger partial charge in [0.1, 0.15) is 5.82 Å². The number of aromatic nitrogens is 2. The summed E-state index contributed by atoms with van der Waals surface area (Å²) in [5.74, 6) is -0.112. The first-order valence-electron chi connectivity index (χ1n) is 10.2. The van der Waals surface area contributed by atoms with Crippen LogP contribution in [0.2, 0.25) is 0 Å². The predicted molar refractivity (Wildman–Crippen MR) is 115 cm³/mol. The Hall–Kier alpha value is -3.20. The van der Waals surface area contributed by atoms with Crippen LogP contribution in [0.3, 0.4) is 0 Å². The van der Waals surface area contributed by atoms with Gasteiger partial charge in [0.25, 0.3) is 5.91 Å². The molecule has 3 aromatic rings. The third-order valence-corrected chi connectivity index (χ3v) is 5.70. The lowest BCUT2D eigenvalue weighted by Crippen LogP contribution is -2.60. The molecule has 6 nitrogen and oxygen atoms in total. The maximum atomic E-state index is 13.1. The smallest absolute Gasteiger partial charge is 0.373 e. The first kappa shape index (κ1) is 22.0. The van der Waals surface area contributed by atoms with Crippen LogP contribution in [-0.4, -0.2) is 63.8 Å². The maximum Gasteiger partial charge on any atom is 0.426 e. The molecule has 1 saturated heterocycles. The fourth-order valence-corrected chi connectivity index (χ4v) is 3.73. The topological polar surface area (TPSA) is 69.6 Å². The van der Waals surface area contributed by atoms with Crippen molar-refractivity contribution in [3.05, 3.63) is 54.1 Å². The lowest BCUT2D eigenvalue weighted by molar-refractivity contribution is -0.250. The maximum absolute atomic E-state index is 13.1. The number of halogens is 3. The molecule has 0 bridgehead atoms. The number of aryl methyl sites for hydroxylation is 1. The number of alkyl halides is 3. The van der Waals surface area contributed by atoms with Crippen molar-refractivity contribution in [3.63, 3.8) is 0 Å². The highest BCUT2D eigenvalue weighted by Crippen LogP contribution is 2.33. The Morgan fingerprint density at radius 2 is 1.66 bits per heavy atom. The Morgan fingerprint density at radius 1 is 1.00 bits per heavy atom. The Morgan fingerprint density at radius 3 is 2.28 bits per heavy atom. The molecule has 168 valence electrons. The highest BCUT2D eigenvalue weighted by Gasteiger charge is 2.57. The van der Waals surface area contributed by atoms with Crippen LogP contribution in [0.1, 0.15) is 12.5 Å². The number of hydrogen-bond acceptors (Lipinski definition) is 5. The van der Waals surface area contributed by atoms with E-state index in [0.717, 1.165) is 26.9 Å². The monoisotopic (exact) mass is 444 g/mol. The Bertz CT molecular complexity index is 1140. The third-order valence-electron chi connectivity index (χ3n) is 5.70. The van der Waals surface area contributed by atoms with Crippen LogP contribution in [0.15, 0.2) is 48.5 Å². The fourth-order valence-electron chi connectivity index (χ4n) is 3.73. The van der Waals surface area contributed by atoms with Gasteiger partial charge in [-0.1, -0.05) is 36.4 Å². The van der Waals surface area contributed by atoms with Gasteiger partial charge in [0.2, 0.25) is 5.60 Å². The molecule has 1 fully saturated rings. The summed E-state index contributed by atoms with van der Waals surface area (Å²) in [7, 11) is 0. The molecule has 1 unspecified atom stereocenters. The SMILES string of the molecule is Cc1ccc2c(N3CCN(C(=O)C(C)(O)C(F)(F)F)CC3)nc(-c3ccccc3)nc2c1. The van der Waals surface area contributed by atoms with E-state index in [0.29, 0.717) is 18.6 Å². The van der Waals surface area contributed by atoms with Gasteiger partial charge in [-0.15, -0.1) is 0 Å². The molecule has 2 aromatic carbocycles. The van der Waals surface area contributed by atoms with Crippen molar-refractivity contribution < 1.29 is 23.1 Å². The van der Waals surface area contributed by atoms with Gasteiger partial charge in [-0.2, -0.15) is 13.2 Å². The van der Waals surface area contributed by atoms with Crippen LogP contribution in [0.25, 0.3) is 22.3 Å². The molecule has 2 heterocycles. The van der Waals surface area contributed by atoms with Gasteiger partial charge in [0.15, 0.2) is 5.82 Å². The zero-order valence-electron chi connectivity index (χ0n) is 17.7. The number of aliphatic hydroxyl groups is 1. The first-order chi connectivity index (χ1) is 15.1. The minimum Gasteiger partial charge on any atom is -0.373 e. The van der Waals surface area contributed by atoms with Gasteiger partial charge in [0.05, 0.1) is 5.52 Å². The number of piperazine rings is 1. The molecule has 1 atom stereocenters. The summed E-state index contributed by atoms with van der Waals surface area (Å²) in [4.78, 5) is 24.8. The minimum absolute atomic E-state index is 0.0447. The van der Waals surface area contributed by atoms with E-state index in [-0.39, 0.29) is 26.2 Å². The zero-order valence-corrected chi connectivity index (χ0v) is 17.7. The van der Waals surface area contributed by atoms with Gasteiger partial charge in [0, 0.05) is 37.1 Å². The second-order valence-electron chi connectivity index (χ2n) is 8.11. The van der Waals surface area contributed by atoms with E-state index < -0.39 is 17.7 Å². The molecule has 1 N–H and O–H groups in total. The van der Waals surface area contributed by atoms with Crippen LogP contribution in [0.5, 0.6) is 0 Å². The van der Waals surface area contributed by atoms with Gasteiger partial charge in [-0.25, -0.2) is 9.97 Å². The summed E-state index contributed by atoms with van der Waals surface area (Å²) in [6.45, 7) is 3.13. The number of amides is 1. The van der Waals surface area contributed by atoms with E-state index in [1.54, 1.807) is 0 Å². The molecule has 1 aliphatic rings. The van der Waals surface area contributed by atoms with Gasteiger partial charge in [-0.05, 0) is 31.5 Å². The number of benzene rings is 2. The number of anilines is 1. The van der Waals surface area contributed by atoms with Crippen molar-refractivity contribution in [2.75, 3.05) is 31.1 Å². The van der Waals surface area contributed by atoms with E-state index in [1.165, 1.54) is 0 Å². The molecule has 0 aliphatic carbocycles. The number of rotatable bonds is 3. The molecule has 0 saturated carbocycles. The molecular weight excluding hydrogens is 421 g/mol. The standard InChI is InChI=1S/C23H23F3N4O2/c1-15-8-9-17-18(14-15)27-19(16-6-4-3-5-7-16)28-20(17)29-10-12-30(13-11-29)21(31)22(2,32)23(24,25)26/h3-9,14,32H,10-13H2,1-2H3. The number of hydrogen-bond donors (Lipinski definition) is 1. The fraction of sp³-hybridized carbons (Fsp3) is 0.348. The molecule has 0 spiro atoms. The van der Waals surface area contributed by atoms with E-state index in [1.807, 2.05) is 60.4 Å². The Kier molecular flexibility index (Phi) is 5.54. The summed E-state index contributed by atoms with van der Waals surface area (Å²) in [6, 6.07) is 15.4. The molecule has 9 heteroatoms. The summed E-state index contributed by atoms with van der Waals surface area (Å²) >= 11 is 0. The van der Waals surface area contributed by atoms with Gasteiger partial charge >= 0.3 is 6.18 Å². The molecule has 1 amide bonds. The Balaban J connectivity index is 1.64. The quantitative estimate of drug-likeness (QED) is 0.669. The molecule has 32 heavy (non-hydrogen) atoms. The van der Waals surface area contributed by atoms with Crippen LogP contribution >= 0.6 is 0 Å². The normalized spacial score (nSPS) is 16.8. The van der Waals surface area contributed by atoms with Gasteiger partial charge < -0.3 is 14.9 Å². The van der Waals surface area contributed by atoms with Crippen LogP contribution in [0, 0.1) is 6.92 Å². The summed E-state index contributed by atoms with van der Waals surface area (Å²) in [5, 5.41) is 10.6. The summed E-state index contributed by atoms with van der Waals surface area (Å²) in [6.07, 6.45) is -5.04. The molecule has 4 rings (SSSR count). The molecule has 0 radical (unpaired) electrons. The third kappa shape index (κ3) is 4.00. The van der Waals surface area contributed by atoms with Crippen LogP contribution in [0.4, 0.5) is 19.0 Å². The highest BCUT2D eigenvalue weighted by atomic mass is 19.4. The van der Waals surface area contributed by atoms with Crippen molar-refractivity contribution in [2.24, 2.45) is 0 Å². The number of fused-ring (bicyclic) bond motifs is 1. The minimum atomic E-state index is -5.04. The van der Waals surface area contributed by atoms with Crippen LogP contribution < -0.4 is 4.90 Å². The van der Waals surface area contributed by atoms with E-state index in [2.05, 4.69) is 0 Å². The molecule has 1 aromatic heterocycles. The van der Waals surface area contributed by atoms with E-state index in [4.69, 9.17) is 9.97 Å². The molecular formula is C23H23F3N4O2. The van der Waals surface area contributed by atoms with Crippen molar-refractivity contribution in [3.8, 4) is 11.4 Å². The van der Waals surface area contributed by atoms with Crippen molar-refractivity contribution in [1.29, 1.82) is 0 Å². The first-order valence-corrected chi connectivity index (χ1v) is 10.2. The predicted octanol–water partition coefficient (Wildman–Crippen LogP) is 3.57. The number of nitrogens with zero attached hydrogens (tertiary/aromatic N) is 4. The van der Waals surface area contributed by atoms with Gasteiger partial charge in [-0.3, -0.25) is 4.79 Å². The second kappa shape index (κ2) is 8.05. The Labute approximate surface area is 183 Å². The summed E-state index contributed by atoms with van der Waals surface area (Å²) < 4.78 is 39.2. The largest absolute Gasteiger partial charge is 0.426 e. The van der Waals surface area contributed by atoms with Crippen LogP contribution in [-0.2, 0) is 4.79 Å². The lowest BCUT2D eigenvalue weighted by Gasteiger charge is -2.39. The number of carbonyl (C=O) groups is 1. The highest BCUT2D eigenvalue weighted by molar-refractivity contribution is 5.92. The zero-order chi connectivity index (χ0) is 23.1. The van der Waals surface area contributed by atoms with Crippen molar-refractivity contribution in [1.82, 2.24) is 14.9 Å².